The van der Waals surface area contributed by atoms with E-state index in [4.69, 9.17) is 10.5 Å². The summed E-state index contributed by atoms with van der Waals surface area (Å²) >= 11 is 1.47. The topological polar surface area (TPSA) is 127 Å². The number of amides is 3. The van der Waals surface area contributed by atoms with Crippen LogP contribution in [-0.4, -0.2) is 52.0 Å². The summed E-state index contributed by atoms with van der Waals surface area (Å²) < 4.78 is 5.60. The average Bonchev–Trinajstić information content (AvgIpc) is 3.59. The van der Waals surface area contributed by atoms with Crippen molar-refractivity contribution in [1.29, 1.82) is 0 Å². The number of rotatable bonds is 7. The molecule has 0 radical (unpaired) electrons. The number of aryl methyl sites for hydroxylation is 1. The number of likely N-dealkylation sites (tertiary alicyclic amines) is 1. The summed E-state index contributed by atoms with van der Waals surface area (Å²) in [5.74, 6) is -1.04. The molecule has 3 atom stereocenters. The van der Waals surface area contributed by atoms with Crippen LogP contribution < -0.4 is 16.4 Å². The summed E-state index contributed by atoms with van der Waals surface area (Å²) in [6, 6.07) is 17.4. The predicted molar refractivity (Wildman–Crippen MR) is 163 cm³/mol. The number of nitrogens with zero attached hydrogens (tertiary/aromatic N) is 2. The van der Waals surface area contributed by atoms with Crippen molar-refractivity contribution in [3.05, 3.63) is 82.4 Å². The lowest BCUT2D eigenvalue weighted by Gasteiger charge is -2.34. The van der Waals surface area contributed by atoms with Crippen LogP contribution >= 0.6 is 11.3 Å². The van der Waals surface area contributed by atoms with Gasteiger partial charge >= 0.3 is 6.09 Å². The highest BCUT2D eigenvalue weighted by atomic mass is 32.1. The number of hydrogen-bond donors (Lipinski definition) is 3. The van der Waals surface area contributed by atoms with Crippen LogP contribution in [0, 0.1) is 0 Å². The predicted octanol–water partition coefficient (Wildman–Crippen LogP) is 4.94. The second-order valence-electron chi connectivity index (χ2n) is 11.9. The number of hydrogen-bond acceptors (Lipinski definition) is 7. The average molecular weight is 590 g/mol. The van der Waals surface area contributed by atoms with Crippen molar-refractivity contribution in [2.75, 3.05) is 12.3 Å². The lowest BCUT2D eigenvalue weighted by molar-refractivity contribution is -0.140. The number of nitrogens with two attached hydrogens (primary N) is 1. The molecular weight excluding hydrogens is 550 g/mol. The van der Waals surface area contributed by atoms with E-state index in [1.165, 1.54) is 11.3 Å². The van der Waals surface area contributed by atoms with Crippen LogP contribution in [0.1, 0.15) is 80.1 Å². The second-order valence-corrected chi connectivity index (χ2v) is 13.0. The van der Waals surface area contributed by atoms with Crippen molar-refractivity contribution in [3.8, 4) is 0 Å². The molecule has 0 saturated carbocycles. The number of carbonyl (C=O) groups is 3. The molecule has 9 nitrogen and oxygen atoms in total. The Bertz CT molecular complexity index is 1370. The van der Waals surface area contributed by atoms with E-state index in [2.05, 4.69) is 15.6 Å². The van der Waals surface area contributed by atoms with Crippen LogP contribution in [0.3, 0.4) is 0 Å². The van der Waals surface area contributed by atoms with Crippen LogP contribution in [0.25, 0.3) is 0 Å². The summed E-state index contributed by atoms with van der Waals surface area (Å²) in [7, 11) is 0. The fourth-order valence-electron chi connectivity index (χ4n) is 5.95. The Kier molecular flexibility index (Phi) is 8.82. The summed E-state index contributed by atoms with van der Waals surface area (Å²) in [5.41, 5.74) is 7.80. The van der Waals surface area contributed by atoms with E-state index < -0.39 is 29.7 Å². The molecule has 10 heteroatoms. The van der Waals surface area contributed by atoms with Crippen molar-refractivity contribution in [3.63, 3.8) is 0 Å². The molecule has 0 spiro atoms. The summed E-state index contributed by atoms with van der Waals surface area (Å²) in [6.07, 6.45) is 3.15. The van der Waals surface area contributed by atoms with E-state index in [-0.39, 0.29) is 17.9 Å². The second kappa shape index (κ2) is 12.5. The number of aromatic nitrogens is 1. The Balaban J connectivity index is 1.45. The molecule has 3 amide bonds. The molecule has 2 aliphatic rings. The molecule has 1 saturated heterocycles. The van der Waals surface area contributed by atoms with Gasteiger partial charge in [-0.15, -0.1) is 11.3 Å². The lowest BCUT2D eigenvalue weighted by atomic mass is 9.84. The van der Waals surface area contributed by atoms with Gasteiger partial charge in [0.05, 0.1) is 11.7 Å². The Morgan fingerprint density at radius 2 is 1.64 bits per heavy atom. The number of nitrogen functional groups attached to an aromatic ring is 1. The third-order valence-corrected chi connectivity index (χ3v) is 8.67. The van der Waals surface area contributed by atoms with E-state index in [0.29, 0.717) is 24.5 Å². The summed E-state index contributed by atoms with van der Waals surface area (Å²) in [5, 5.41) is 6.56. The maximum atomic E-state index is 14.5. The molecule has 3 aromatic rings. The Morgan fingerprint density at radius 3 is 2.26 bits per heavy atom. The first-order chi connectivity index (χ1) is 20.1. The number of nitrogens with one attached hydrogen (secondary N) is 2. The van der Waals surface area contributed by atoms with Crippen LogP contribution in [0.5, 0.6) is 0 Å². The minimum absolute atomic E-state index is 0.211. The zero-order valence-corrected chi connectivity index (χ0v) is 25.2. The van der Waals surface area contributed by atoms with Crippen LogP contribution in [0.4, 0.5) is 9.93 Å². The fraction of sp³-hybridized carbons (Fsp3) is 0.438. The van der Waals surface area contributed by atoms with Crippen LogP contribution in [0.2, 0.25) is 0 Å². The number of thiazole rings is 1. The van der Waals surface area contributed by atoms with Gasteiger partial charge in [0.15, 0.2) is 5.13 Å². The molecule has 0 bridgehead atoms. The van der Waals surface area contributed by atoms with E-state index in [0.717, 1.165) is 41.0 Å². The van der Waals surface area contributed by atoms with Crippen molar-refractivity contribution >= 4 is 34.4 Å². The zero-order chi connectivity index (χ0) is 29.9. The minimum atomic E-state index is -1.00. The largest absolute Gasteiger partial charge is 0.444 e. The van der Waals surface area contributed by atoms with Gasteiger partial charge in [0, 0.05) is 17.3 Å². The summed E-state index contributed by atoms with van der Waals surface area (Å²) in [6.45, 7) is 5.76. The van der Waals surface area contributed by atoms with Crippen molar-refractivity contribution in [2.45, 2.75) is 82.5 Å². The highest BCUT2D eigenvalue weighted by molar-refractivity contribution is 7.15. The first-order valence-corrected chi connectivity index (χ1v) is 15.4. The van der Waals surface area contributed by atoms with E-state index in [1.54, 1.807) is 25.7 Å². The quantitative estimate of drug-likeness (QED) is 0.359. The molecule has 2 aromatic carbocycles. The molecule has 42 heavy (non-hydrogen) atoms. The van der Waals surface area contributed by atoms with Crippen molar-refractivity contribution < 1.29 is 19.1 Å². The third-order valence-electron chi connectivity index (χ3n) is 7.71. The van der Waals surface area contributed by atoms with E-state index >= 15 is 0 Å². The molecule has 5 rings (SSSR count). The van der Waals surface area contributed by atoms with Crippen molar-refractivity contribution in [2.24, 2.45) is 0 Å². The van der Waals surface area contributed by atoms with Gasteiger partial charge in [0.1, 0.15) is 17.7 Å². The lowest BCUT2D eigenvalue weighted by Crippen LogP contribution is -2.56. The number of carbonyl (C=O) groups excluding carboxylic acids is 3. The summed E-state index contributed by atoms with van der Waals surface area (Å²) in [4.78, 5) is 48.6. The smallest absolute Gasteiger partial charge is 0.408 e. The Hall–Kier alpha value is -3.92. The maximum Gasteiger partial charge on any atom is 0.408 e. The fourth-order valence-corrected chi connectivity index (χ4v) is 6.88. The molecular formula is C32H39N5O4S. The molecule has 2 heterocycles. The molecule has 1 fully saturated rings. The van der Waals surface area contributed by atoms with Crippen LogP contribution in [-0.2, 0) is 20.7 Å². The van der Waals surface area contributed by atoms with Gasteiger partial charge in [-0.3, -0.25) is 9.59 Å². The van der Waals surface area contributed by atoms with E-state index in [9.17, 15) is 14.4 Å². The van der Waals surface area contributed by atoms with Gasteiger partial charge in [0.25, 0.3) is 0 Å². The van der Waals surface area contributed by atoms with Gasteiger partial charge in [0.2, 0.25) is 11.8 Å². The number of ether oxygens (including phenoxy) is 1. The first-order valence-electron chi connectivity index (χ1n) is 14.6. The minimum Gasteiger partial charge on any atom is -0.444 e. The molecule has 1 unspecified atom stereocenters. The maximum absolute atomic E-state index is 14.5. The Labute approximate surface area is 250 Å². The third kappa shape index (κ3) is 6.75. The van der Waals surface area contributed by atoms with Gasteiger partial charge in [-0.05, 0) is 64.0 Å². The normalized spacial score (nSPS) is 19.2. The molecule has 1 aliphatic carbocycles. The molecule has 1 aliphatic heterocycles. The van der Waals surface area contributed by atoms with Gasteiger partial charge in [-0.25, -0.2) is 9.78 Å². The van der Waals surface area contributed by atoms with Crippen molar-refractivity contribution in [1.82, 2.24) is 20.5 Å². The Morgan fingerprint density at radius 1 is 1.00 bits per heavy atom. The van der Waals surface area contributed by atoms with E-state index in [1.807, 2.05) is 60.7 Å². The highest BCUT2D eigenvalue weighted by Crippen LogP contribution is 2.35. The molecule has 222 valence electrons. The van der Waals surface area contributed by atoms with Crippen LogP contribution in [0.15, 0.2) is 60.7 Å². The van der Waals surface area contributed by atoms with Gasteiger partial charge in [-0.1, -0.05) is 60.7 Å². The monoisotopic (exact) mass is 589 g/mol. The highest BCUT2D eigenvalue weighted by Gasteiger charge is 2.42. The van der Waals surface area contributed by atoms with Gasteiger partial charge < -0.3 is 26.0 Å². The number of anilines is 1. The molecule has 4 N–H and O–H groups in total. The van der Waals surface area contributed by atoms with Gasteiger partial charge in [-0.2, -0.15) is 0 Å². The SMILES string of the molecule is CC(C)(C)OC(=O)N[C@H](C(=O)N1CCC[C@H]1C(=O)NC1CCCc2sc(N)nc21)C(c1ccccc1)c1ccccc1. The zero-order valence-electron chi connectivity index (χ0n) is 24.3. The standard InChI is InChI=1S/C32H39N5O4S/c1-32(2,3)41-31(40)36-27(25(20-12-6-4-7-13-20)21-14-8-5-9-15-21)29(39)37-19-11-17-23(37)28(38)34-22-16-10-18-24-26(22)35-30(33)42-24/h4-9,12-15,22-23,25,27H,10-11,16-19H2,1-3H3,(H2,33,35)(H,34,38)(H,36,40)/t22?,23-,27-/m0/s1. The number of alkyl carbamates (subject to hydrolysis) is 1. The number of fused-ring (bicyclic) bond motifs is 1. The number of benzene rings is 2. The first kappa shape index (κ1) is 29.6. The molecule has 1 aromatic heterocycles.